The Morgan fingerprint density at radius 1 is 1.33 bits per heavy atom. The topological polar surface area (TPSA) is 79.2 Å². The van der Waals surface area contributed by atoms with Crippen LogP contribution >= 0.6 is 0 Å². The number of hydrogen-bond donors (Lipinski definition) is 3. The molecule has 0 aliphatic rings. The van der Waals surface area contributed by atoms with Gasteiger partial charge in [-0.05, 0) is 13.3 Å². The standard InChI is InChI=1S/C6H16O5Si/c1-3-4-5-10-6(2)11-12(7,8)9/h6-9H,3-5H2,1-2H3. The molecule has 0 heterocycles. The molecule has 0 aliphatic carbocycles. The fraction of sp³-hybridized carbons (Fsp3) is 1.00. The van der Waals surface area contributed by atoms with E-state index in [1.54, 1.807) is 0 Å². The van der Waals surface area contributed by atoms with Gasteiger partial charge in [0.05, 0.1) is 0 Å². The fourth-order valence-corrected chi connectivity index (χ4v) is 1.16. The van der Waals surface area contributed by atoms with Crippen molar-refractivity contribution in [3.8, 4) is 0 Å². The second-order valence-electron chi connectivity index (χ2n) is 2.48. The van der Waals surface area contributed by atoms with E-state index < -0.39 is 15.3 Å². The zero-order valence-electron chi connectivity index (χ0n) is 7.36. The van der Waals surface area contributed by atoms with Gasteiger partial charge in [-0.3, -0.25) is 0 Å². The Balaban J connectivity index is 3.40. The summed E-state index contributed by atoms with van der Waals surface area (Å²) in [6, 6.07) is 0. The Bertz CT molecular complexity index is 113. The van der Waals surface area contributed by atoms with E-state index in [9.17, 15) is 0 Å². The molecule has 5 nitrogen and oxygen atoms in total. The maximum Gasteiger partial charge on any atom is 0.673 e. The van der Waals surface area contributed by atoms with Gasteiger partial charge in [0.25, 0.3) is 0 Å². The van der Waals surface area contributed by atoms with Crippen LogP contribution in [-0.4, -0.2) is 36.3 Å². The van der Waals surface area contributed by atoms with Crippen molar-refractivity contribution < 1.29 is 23.5 Å². The molecule has 0 rings (SSSR count). The van der Waals surface area contributed by atoms with Gasteiger partial charge in [0.15, 0.2) is 6.29 Å². The summed E-state index contributed by atoms with van der Waals surface area (Å²) in [4.78, 5) is 25.5. The predicted octanol–water partition coefficient (Wildman–Crippen LogP) is -0.422. The van der Waals surface area contributed by atoms with E-state index in [1.165, 1.54) is 6.92 Å². The summed E-state index contributed by atoms with van der Waals surface area (Å²) < 4.78 is 9.36. The van der Waals surface area contributed by atoms with Crippen LogP contribution in [0.3, 0.4) is 0 Å². The van der Waals surface area contributed by atoms with E-state index in [-0.39, 0.29) is 0 Å². The number of rotatable bonds is 6. The molecule has 0 saturated carbocycles. The first kappa shape index (κ1) is 12.0. The molecule has 0 amide bonds. The van der Waals surface area contributed by atoms with Crippen LogP contribution in [0.15, 0.2) is 0 Å². The van der Waals surface area contributed by atoms with Crippen LogP contribution in [0.2, 0.25) is 0 Å². The normalized spacial score (nSPS) is 14.8. The first-order chi connectivity index (χ1) is 5.45. The van der Waals surface area contributed by atoms with Gasteiger partial charge in [-0.25, -0.2) is 0 Å². The molecule has 0 spiro atoms. The second-order valence-corrected chi connectivity index (χ2v) is 3.87. The summed E-state index contributed by atoms with van der Waals surface area (Å²) >= 11 is 0. The Kier molecular flexibility index (Phi) is 5.63. The molecule has 0 bridgehead atoms. The molecule has 0 saturated heterocycles. The number of ether oxygens (including phenoxy) is 1. The average Bonchev–Trinajstić information content (AvgIpc) is 1.84. The lowest BCUT2D eigenvalue weighted by Crippen LogP contribution is -2.42. The molecule has 0 radical (unpaired) electrons. The molecule has 1 unspecified atom stereocenters. The van der Waals surface area contributed by atoms with Crippen LogP contribution in [0.25, 0.3) is 0 Å². The minimum Gasteiger partial charge on any atom is -0.368 e. The molecule has 74 valence electrons. The van der Waals surface area contributed by atoms with Crippen molar-refractivity contribution in [2.45, 2.75) is 33.0 Å². The van der Waals surface area contributed by atoms with Gasteiger partial charge in [-0.2, -0.15) is 0 Å². The minimum absolute atomic E-state index is 0.488. The first-order valence-electron chi connectivity index (χ1n) is 3.92. The molecule has 0 aromatic carbocycles. The Hall–Kier alpha value is 0.0169. The van der Waals surface area contributed by atoms with Crippen molar-refractivity contribution in [1.82, 2.24) is 0 Å². The van der Waals surface area contributed by atoms with Crippen molar-refractivity contribution in [3.63, 3.8) is 0 Å². The van der Waals surface area contributed by atoms with Crippen molar-refractivity contribution >= 4 is 9.05 Å². The molecule has 0 aromatic rings. The number of hydrogen-bond acceptors (Lipinski definition) is 5. The highest BCUT2D eigenvalue weighted by Crippen LogP contribution is 2.00. The maximum atomic E-state index is 8.49. The van der Waals surface area contributed by atoms with Crippen LogP contribution in [-0.2, 0) is 9.16 Å². The van der Waals surface area contributed by atoms with Gasteiger partial charge < -0.3 is 23.5 Å². The maximum absolute atomic E-state index is 8.49. The highest BCUT2D eigenvalue weighted by Gasteiger charge is 2.33. The summed E-state index contributed by atoms with van der Waals surface area (Å²) in [6.07, 6.45) is 1.10. The third kappa shape index (κ3) is 8.12. The molecule has 6 heteroatoms. The predicted molar refractivity (Wildman–Crippen MR) is 43.8 cm³/mol. The Labute approximate surface area is 73.0 Å². The van der Waals surface area contributed by atoms with Gasteiger partial charge in [-0.1, -0.05) is 13.3 Å². The number of unbranched alkanes of at least 4 members (excludes halogenated alkanes) is 1. The van der Waals surface area contributed by atoms with E-state index in [2.05, 4.69) is 4.43 Å². The van der Waals surface area contributed by atoms with Gasteiger partial charge in [0.1, 0.15) is 0 Å². The van der Waals surface area contributed by atoms with E-state index in [4.69, 9.17) is 19.1 Å². The summed E-state index contributed by atoms with van der Waals surface area (Å²) in [6.45, 7) is 4.00. The Morgan fingerprint density at radius 3 is 2.33 bits per heavy atom. The average molecular weight is 196 g/mol. The van der Waals surface area contributed by atoms with Crippen molar-refractivity contribution in [3.05, 3.63) is 0 Å². The zero-order chi connectivity index (χ0) is 9.61. The van der Waals surface area contributed by atoms with Crippen LogP contribution in [0.4, 0.5) is 0 Å². The monoisotopic (exact) mass is 196 g/mol. The summed E-state index contributed by atoms with van der Waals surface area (Å²) in [7, 11) is -4.41. The molecule has 1 atom stereocenters. The third-order valence-corrected chi connectivity index (χ3v) is 1.82. The first-order valence-corrected chi connectivity index (χ1v) is 5.67. The van der Waals surface area contributed by atoms with Crippen molar-refractivity contribution in [2.24, 2.45) is 0 Å². The molecule has 0 fully saturated rings. The van der Waals surface area contributed by atoms with Gasteiger partial charge >= 0.3 is 9.05 Å². The SMILES string of the molecule is CCCCOC(C)O[Si](O)(O)O. The molecule has 0 aliphatic heterocycles. The summed E-state index contributed by atoms with van der Waals surface area (Å²) in [5, 5.41) is 0. The summed E-state index contributed by atoms with van der Waals surface area (Å²) in [5.41, 5.74) is 0. The third-order valence-electron chi connectivity index (χ3n) is 1.17. The van der Waals surface area contributed by atoms with Crippen LogP contribution in [0.5, 0.6) is 0 Å². The lowest BCUT2D eigenvalue weighted by molar-refractivity contribution is -0.117. The highest BCUT2D eigenvalue weighted by molar-refractivity contribution is 6.48. The minimum atomic E-state index is -4.41. The molecule has 3 N–H and O–H groups in total. The Morgan fingerprint density at radius 2 is 1.92 bits per heavy atom. The van der Waals surface area contributed by atoms with E-state index in [0.717, 1.165) is 12.8 Å². The van der Waals surface area contributed by atoms with Gasteiger partial charge in [-0.15, -0.1) is 0 Å². The molecule has 12 heavy (non-hydrogen) atoms. The van der Waals surface area contributed by atoms with E-state index in [0.29, 0.717) is 6.61 Å². The quantitative estimate of drug-likeness (QED) is 0.305. The lowest BCUT2D eigenvalue weighted by Gasteiger charge is -2.17. The molecular weight excluding hydrogens is 180 g/mol. The van der Waals surface area contributed by atoms with Crippen LogP contribution in [0.1, 0.15) is 26.7 Å². The smallest absolute Gasteiger partial charge is 0.368 e. The zero-order valence-corrected chi connectivity index (χ0v) is 8.36. The molecule has 0 aromatic heterocycles. The largest absolute Gasteiger partial charge is 0.673 e. The van der Waals surface area contributed by atoms with Gasteiger partial charge in [0.2, 0.25) is 0 Å². The fourth-order valence-electron chi connectivity index (χ4n) is 0.650. The van der Waals surface area contributed by atoms with E-state index in [1.807, 2.05) is 6.92 Å². The summed E-state index contributed by atoms with van der Waals surface area (Å²) in [5.74, 6) is 0. The van der Waals surface area contributed by atoms with Crippen LogP contribution in [0, 0.1) is 0 Å². The van der Waals surface area contributed by atoms with Crippen molar-refractivity contribution in [1.29, 1.82) is 0 Å². The van der Waals surface area contributed by atoms with Crippen molar-refractivity contribution in [2.75, 3.05) is 6.61 Å². The van der Waals surface area contributed by atoms with Crippen LogP contribution < -0.4 is 0 Å². The second kappa shape index (κ2) is 5.63. The molecular formula is C6H16O5Si. The van der Waals surface area contributed by atoms with E-state index >= 15 is 0 Å². The lowest BCUT2D eigenvalue weighted by atomic mass is 10.4. The van der Waals surface area contributed by atoms with Gasteiger partial charge in [0, 0.05) is 6.61 Å². The highest BCUT2D eigenvalue weighted by atomic mass is 28.4.